The molecule has 96 valence electrons. The Morgan fingerprint density at radius 2 is 1.94 bits per heavy atom. The zero-order valence-corrected chi connectivity index (χ0v) is 11.0. The van der Waals surface area contributed by atoms with E-state index in [0.717, 1.165) is 29.9 Å². The van der Waals surface area contributed by atoms with Crippen LogP contribution < -0.4 is 5.32 Å². The molecule has 0 fully saturated rings. The second-order valence-electron chi connectivity index (χ2n) is 4.59. The summed E-state index contributed by atoms with van der Waals surface area (Å²) in [6.07, 6.45) is 2.01. The molecule has 0 amide bonds. The molecule has 4 heteroatoms. The van der Waals surface area contributed by atoms with Crippen molar-refractivity contribution >= 4 is 0 Å². The molecule has 0 aliphatic carbocycles. The molecule has 0 aliphatic rings. The van der Waals surface area contributed by atoms with Gasteiger partial charge in [-0.1, -0.05) is 6.07 Å². The molecule has 1 aromatic heterocycles. The molecule has 3 nitrogen and oxygen atoms in total. The minimum Gasteiger partial charge on any atom is -0.308 e. The lowest BCUT2D eigenvalue weighted by Gasteiger charge is -2.07. The molecule has 0 unspecified atom stereocenters. The van der Waals surface area contributed by atoms with Gasteiger partial charge in [0, 0.05) is 31.9 Å². The zero-order chi connectivity index (χ0) is 13.1. The molecular weight excluding hydrogens is 229 g/mol. The number of rotatable bonds is 4. The summed E-state index contributed by atoms with van der Waals surface area (Å²) in [7, 11) is 1.92. The predicted octanol–water partition coefficient (Wildman–Crippen LogP) is 2.47. The number of nitrogens with one attached hydrogen (secondary N) is 1. The van der Waals surface area contributed by atoms with E-state index in [-0.39, 0.29) is 5.82 Å². The summed E-state index contributed by atoms with van der Waals surface area (Å²) in [5, 5.41) is 7.65. The van der Waals surface area contributed by atoms with E-state index in [2.05, 4.69) is 10.4 Å². The molecule has 0 saturated carbocycles. The third-order valence-electron chi connectivity index (χ3n) is 3.05. The topological polar surface area (TPSA) is 29.9 Å². The molecule has 1 N–H and O–H groups in total. The van der Waals surface area contributed by atoms with E-state index in [0.29, 0.717) is 0 Å². The monoisotopic (exact) mass is 247 g/mol. The predicted molar refractivity (Wildman–Crippen MR) is 69.6 cm³/mol. The second kappa shape index (κ2) is 5.31. The minimum atomic E-state index is -0.181. The molecule has 2 rings (SSSR count). The van der Waals surface area contributed by atoms with Gasteiger partial charge in [-0.2, -0.15) is 5.10 Å². The fourth-order valence-corrected chi connectivity index (χ4v) is 2.01. The molecule has 1 heterocycles. The fraction of sp³-hybridized carbons (Fsp3) is 0.357. The number of benzene rings is 1. The summed E-state index contributed by atoms with van der Waals surface area (Å²) in [5.74, 6) is -0.181. The van der Waals surface area contributed by atoms with Gasteiger partial charge in [-0.25, -0.2) is 4.39 Å². The third-order valence-corrected chi connectivity index (χ3v) is 3.05. The van der Waals surface area contributed by atoms with Crippen LogP contribution in [0.1, 0.15) is 22.4 Å². The van der Waals surface area contributed by atoms with E-state index in [1.165, 1.54) is 11.6 Å². The molecular formula is C14H18FN3. The Labute approximate surface area is 107 Å². The van der Waals surface area contributed by atoms with E-state index in [4.69, 9.17) is 0 Å². The van der Waals surface area contributed by atoms with Crippen molar-refractivity contribution in [3.8, 4) is 0 Å². The Kier molecular flexibility index (Phi) is 3.77. The van der Waals surface area contributed by atoms with Crippen LogP contribution in [-0.2, 0) is 20.1 Å². The van der Waals surface area contributed by atoms with Crippen molar-refractivity contribution in [2.45, 2.75) is 26.9 Å². The fourth-order valence-electron chi connectivity index (χ4n) is 2.01. The smallest absolute Gasteiger partial charge is 0.123 e. The summed E-state index contributed by atoms with van der Waals surface area (Å²) in [6.45, 7) is 5.44. The largest absolute Gasteiger partial charge is 0.308 e. The van der Waals surface area contributed by atoms with Crippen molar-refractivity contribution < 1.29 is 4.39 Å². The number of aromatic nitrogens is 2. The lowest BCUT2D eigenvalue weighted by atomic mass is 10.1. The Hall–Kier alpha value is -1.68. The lowest BCUT2D eigenvalue weighted by molar-refractivity contribution is 0.623. The maximum Gasteiger partial charge on any atom is 0.123 e. The van der Waals surface area contributed by atoms with Crippen molar-refractivity contribution in [3.63, 3.8) is 0 Å². The minimum absolute atomic E-state index is 0.181. The molecule has 1 aromatic carbocycles. The summed E-state index contributed by atoms with van der Waals surface area (Å²) < 4.78 is 14.8. The van der Waals surface area contributed by atoms with Gasteiger partial charge in [0.1, 0.15) is 5.82 Å². The Bertz CT molecular complexity index is 546. The summed E-state index contributed by atoms with van der Waals surface area (Å²) >= 11 is 0. The van der Waals surface area contributed by atoms with E-state index < -0.39 is 0 Å². The highest BCUT2D eigenvalue weighted by molar-refractivity contribution is 5.26. The number of nitrogens with zero attached hydrogens (tertiary/aromatic N) is 2. The first-order chi connectivity index (χ1) is 8.56. The Balaban J connectivity index is 1.94. The van der Waals surface area contributed by atoms with Crippen LogP contribution in [0.4, 0.5) is 4.39 Å². The SMILES string of the molecule is Cc1cc(F)ccc1CNCc1cn(C)nc1C. The first kappa shape index (κ1) is 12.8. The van der Waals surface area contributed by atoms with Gasteiger partial charge in [-0.15, -0.1) is 0 Å². The maximum atomic E-state index is 13.0. The van der Waals surface area contributed by atoms with Gasteiger partial charge < -0.3 is 5.32 Å². The molecule has 0 aliphatic heterocycles. The summed E-state index contributed by atoms with van der Waals surface area (Å²) in [4.78, 5) is 0. The van der Waals surface area contributed by atoms with Gasteiger partial charge in [0.25, 0.3) is 0 Å². The summed E-state index contributed by atoms with van der Waals surface area (Å²) in [6, 6.07) is 4.89. The van der Waals surface area contributed by atoms with Gasteiger partial charge in [-0.05, 0) is 37.1 Å². The zero-order valence-electron chi connectivity index (χ0n) is 11.0. The average Bonchev–Trinajstić information content (AvgIpc) is 2.61. The summed E-state index contributed by atoms with van der Waals surface area (Å²) in [5.41, 5.74) is 4.33. The highest BCUT2D eigenvalue weighted by Gasteiger charge is 2.03. The van der Waals surface area contributed by atoms with Crippen LogP contribution in [0.5, 0.6) is 0 Å². The Morgan fingerprint density at radius 3 is 2.56 bits per heavy atom. The molecule has 0 bridgehead atoms. The van der Waals surface area contributed by atoms with Crippen molar-refractivity contribution in [1.82, 2.24) is 15.1 Å². The van der Waals surface area contributed by atoms with Gasteiger partial charge in [-0.3, -0.25) is 4.68 Å². The first-order valence-electron chi connectivity index (χ1n) is 6.01. The highest BCUT2D eigenvalue weighted by atomic mass is 19.1. The van der Waals surface area contributed by atoms with E-state index in [9.17, 15) is 4.39 Å². The van der Waals surface area contributed by atoms with Crippen LogP contribution in [0.25, 0.3) is 0 Å². The normalized spacial score (nSPS) is 10.9. The average molecular weight is 247 g/mol. The lowest BCUT2D eigenvalue weighted by Crippen LogP contribution is -2.13. The molecule has 0 radical (unpaired) electrons. The van der Waals surface area contributed by atoms with Crippen LogP contribution in [-0.4, -0.2) is 9.78 Å². The van der Waals surface area contributed by atoms with Crippen LogP contribution in [0.2, 0.25) is 0 Å². The van der Waals surface area contributed by atoms with Gasteiger partial charge in [0.05, 0.1) is 5.69 Å². The van der Waals surface area contributed by atoms with Crippen LogP contribution >= 0.6 is 0 Å². The number of hydrogen-bond acceptors (Lipinski definition) is 2. The van der Waals surface area contributed by atoms with Crippen LogP contribution in [0, 0.1) is 19.7 Å². The van der Waals surface area contributed by atoms with E-state index in [1.54, 1.807) is 6.07 Å². The van der Waals surface area contributed by atoms with Gasteiger partial charge in [0.15, 0.2) is 0 Å². The van der Waals surface area contributed by atoms with E-state index in [1.807, 2.05) is 37.8 Å². The van der Waals surface area contributed by atoms with Gasteiger partial charge >= 0.3 is 0 Å². The quantitative estimate of drug-likeness (QED) is 0.899. The Morgan fingerprint density at radius 1 is 1.22 bits per heavy atom. The van der Waals surface area contributed by atoms with Crippen molar-refractivity contribution in [1.29, 1.82) is 0 Å². The second-order valence-corrected chi connectivity index (χ2v) is 4.59. The molecule has 0 saturated heterocycles. The molecule has 2 aromatic rings. The molecule has 0 spiro atoms. The van der Waals surface area contributed by atoms with E-state index >= 15 is 0 Å². The first-order valence-corrected chi connectivity index (χ1v) is 6.01. The molecule has 18 heavy (non-hydrogen) atoms. The number of aryl methyl sites for hydroxylation is 3. The van der Waals surface area contributed by atoms with Gasteiger partial charge in [0.2, 0.25) is 0 Å². The standard InChI is InChI=1S/C14H18FN3/c1-10-6-14(15)5-4-12(10)7-16-8-13-9-18(3)17-11(13)2/h4-6,9,16H,7-8H2,1-3H3. The maximum absolute atomic E-state index is 13.0. The number of halogens is 1. The number of hydrogen-bond donors (Lipinski definition) is 1. The molecule has 0 atom stereocenters. The van der Waals surface area contributed by atoms with Crippen LogP contribution in [0.3, 0.4) is 0 Å². The van der Waals surface area contributed by atoms with Crippen LogP contribution in [0.15, 0.2) is 24.4 Å². The highest BCUT2D eigenvalue weighted by Crippen LogP contribution is 2.10. The van der Waals surface area contributed by atoms with Crippen molar-refractivity contribution in [2.75, 3.05) is 0 Å². The third kappa shape index (κ3) is 2.96. The van der Waals surface area contributed by atoms with Crippen molar-refractivity contribution in [2.24, 2.45) is 7.05 Å². The van der Waals surface area contributed by atoms with Crippen molar-refractivity contribution in [3.05, 3.63) is 52.6 Å².